The first-order valence-electron chi connectivity index (χ1n) is 11.0. The molecule has 0 bridgehead atoms. The Morgan fingerprint density at radius 3 is 2.30 bits per heavy atom. The van der Waals surface area contributed by atoms with Crippen molar-refractivity contribution < 1.29 is 9.59 Å². The fraction of sp³-hybridized carbons (Fsp3) is 0.154. The van der Waals surface area contributed by atoms with Crippen LogP contribution in [0.15, 0.2) is 73.3 Å². The second-order valence-corrected chi connectivity index (χ2v) is 11.3. The molecule has 188 valence electrons. The van der Waals surface area contributed by atoms with Crippen LogP contribution < -0.4 is 5.32 Å². The number of benzene rings is 3. The van der Waals surface area contributed by atoms with Crippen LogP contribution in [0.1, 0.15) is 27.4 Å². The van der Waals surface area contributed by atoms with Gasteiger partial charge >= 0.3 is 0 Å². The summed E-state index contributed by atoms with van der Waals surface area (Å²) in [7, 11) is 0. The van der Waals surface area contributed by atoms with Crippen LogP contribution in [0.4, 0.5) is 5.69 Å². The number of alkyl halides is 2. The van der Waals surface area contributed by atoms with Crippen molar-refractivity contribution >= 4 is 75.4 Å². The number of anilines is 1. The van der Waals surface area contributed by atoms with Crippen LogP contribution in [0.25, 0.3) is 5.69 Å². The molecule has 0 aliphatic heterocycles. The number of hydrogen-bond donors (Lipinski definition) is 1. The molecule has 1 heterocycles. The van der Waals surface area contributed by atoms with Crippen molar-refractivity contribution in [2.45, 2.75) is 16.7 Å². The third-order valence-corrected chi connectivity index (χ3v) is 7.81. The molecule has 1 aliphatic rings. The van der Waals surface area contributed by atoms with E-state index < -0.39 is 22.1 Å². The number of nitrogens with zero attached hydrogens (tertiary/aromatic N) is 3. The molecule has 6 nitrogen and oxygen atoms in total. The van der Waals surface area contributed by atoms with Crippen molar-refractivity contribution in [2.75, 3.05) is 5.32 Å². The number of aromatic nitrogens is 3. The number of nitrogens with one attached hydrogen (secondary N) is 1. The first kappa shape index (κ1) is 26.0. The number of carbonyl (C=O) groups is 2. The highest BCUT2D eigenvalue weighted by molar-refractivity contribution is 6.53. The van der Waals surface area contributed by atoms with E-state index in [1.807, 2.05) is 24.3 Å². The summed E-state index contributed by atoms with van der Waals surface area (Å²) in [5.74, 6) is -1.81. The summed E-state index contributed by atoms with van der Waals surface area (Å²) in [5, 5.41) is 8.01. The van der Waals surface area contributed by atoms with Crippen molar-refractivity contribution in [1.29, 1.82) is 0 Å². The second kappa shape index (κ2) is 10.3. The van der Waals surface area contributed by atoms with E-state index in [0.29, 0.717) is 21.3 Å². The Kier molecular flexibility index (Phi) is 7.22. The molecule has 1 fully saturated rings. The molecular formula is C26H17Cl5N4O2. The van der Waals surface area contributed by atoms with Gasteiger partial charge in [0.15, 0.2) is 5.78 Å². The molecule has 2 atom stereocenters. The van der Waals surface area contributed by atoms with E-state index in [0.717, 1.165) is 11.3 Å². The molecule has 0 saturated heterocycles. The molecule has 1 aromatic heterocycles. The van der Waals surface area contributed by atoms with Gasteiger partial charge in [-0.25, -0.2) is 9.67 Å². The molecule has 3 aromatic carbocycles. The summed E-state index contributed by atoms with van der Waals surface area (Å²) in [6.07, 6.45) is 3.16. The van der Waals surface area contributed by atoms with Gasteiger partial charge in [0.1, 0.15) is 17.0 Å². The molecule has 0 radical (unpaired) electrons. The fourth-order valence-electron chi connectivity index (χ4n) is 4.25. The monoisotopic (exact) mass is 592 g/mol. The molecule has 11 heteroatoms. The Morgan fingerprint density at radius 1 is 0.946 bits per heavy atom. The number of rotatable bonds is 7. The van der Waals surface area contributed by atoms with Crippen LogP contribution in [0, 0.1) is 5.92 Å². The van der Waals surface area contributed by atoms with Gasteiger partial charge in [0.25, 0.3) is 0 Å². The lowest BCUT2D eigenvalue weighted by Gasteiger charge is -2.10. The third-order valence-electron chi connectivity index (χ3n) is 6.10. The van der Waals surface area contributed by atoms with Crippen LogP contribution in [0.3, 0.4) is 0 Å². The van der Waals surface area contributed by atoms with Crippen molar-refractivity contribution in [3.63, 3.8) is 0 Å². The topological polar surface area (TPSA) is 76.9 Å². The molecule has 1 amide bonds. The average molecular weight is 595 g/mol. The number of carbonyl (C=O) groups excluding carboxylic acids is 2. The SMILES string of the molecule is O=C(Cc1ccc(-n2cncn2)cc1)c1cc(NC(=O)C2C(c3cc(Cl)cc(Cl)c3)C2(Cl)Cl)ccc1Cl. The van der Waals surface area contributed by atoms with E-state index in [9.17, 15) is 9.59 Å². The van der Waals surface area contributed by atoms with Gasteiger partial charge in [-0.1, -0.05) is 46.9 Å². The number of Topliss-reactive ketones (excluding diaryl/α,β-unsaturated/α-hetero) is 1. The fourth-order valence-corrected chi connectivity index (χ4v) is 5.84. The lowest BCUT2D eigenvalue weighted by Crippen LogP contribution is -2.17. The minimum atomic E-state index is -1.32. The van der Waals surface area contributed by atoms with E-state index in [1.165, 1.54) is 6.33 Å². The smallest absolute Gasteiger partial charge is 0.231 e. The second-order valence-electron chi connectivity index (χ2n) is 8.62. The van der Waals surface area contributed by atoms with Gasteiger partial charge in [0.2, 0.25) is 5.91 Å². The lowest BCUT2D eigenvalue weighted by atomic mass is 10.0. The Morgan fingerprint density at radius 2 is 1.65 bits per heavy atom. The highest BCUT2D eigenvalue weighted by Crippen LogP contribution is 2.65. The maximum absolute atomic E-state index is 13.1. The summed E-state index contributed by atoms with van der Waals surface area (Å²) in [4.78, 5) is 30.0. The van der Waals surface area contributed by atoms with E-state index in [1.54, 1.807) is 47.4 Å². The minimum absolute atomic E-state index is 0.126. The zero-order valence-electron chi connectivity index (χ0n) is 18.8. The van der Waals surface area contributed by atoms with E-state index in [2.05, 4.69) is 15.4 Å². The zero-order chi connectivity index (χ0) is 26.3. The number of halogens is 5. The molecule has 4 aromatic rings. The Bertz CT molecular complexity index is 1470. The van der Waals surface area contributed by atoms with Crippen LogP contribution in [-0.2, 0) is 11.2 Å². The highest BCUT2D eigenvalue weighted by atomic mass is 35.5. The molecular weight excluding hydrogens is 578 g/mol. The van der Waals surface area contributed by atoms with Crippen LogP contribution >= 0.6 is 58.0 Å². The molecule has 0 spiro atoms. The summed E-state index contributed by atoms with van der Waals surface area (Å²) in [6, 6.07) is 17.0. The summed E-state index contributed by atoms with van der Waals surface area (Å²) in [6.45, 7) is 0. The standard InChI is InChI=1S/C26H17Cl5N4O2/c27-16-8-15(9-17(28)10-16)23-24(26(23,30)31)25(37)34-18-3-6-21(29)20(11-18)22(36)7-14-1-4-19(5-2-14)35-13-32-12-33-35/h1-6,8-13,23-24H,7H2,(H,34,37). The van der Waals surface area contributed by atoms with Gasteiger partial charge in [-0.3, -0.25) is 9.59 Å². The zero-order valence-corrected chi connectivity index (χ0v) is 22.6. The summed E-state index contributed by atoms with van der Waals surface area (Å²) >= 11 is 31.4. The van der Waals surface area contributed by atoms with Crippen molar-refractivity contribution in [3.05, 3.63) is 105 Å². The van der Waals surface area contributed by atoms with Gasteiger partial charge in [-0.2, -0.15) is 5.10 Å². The molecule has 1 N–H and O–H groups in total. The first-order valence-corrected chi connectivity index (χ1v) is 12.9. The first-order chi connectivity index (χ1) is 17.6. The van der Waals surface area contributed by atoms with Crippen LogP contribution in [0.5, 0.6) is 0 Å². The third kappa shape index (κ3) is 5.49. The Labute approximate surface area is 237 Å². The largest absolute Gasteiger partial charge is 0.326 e. The van der Waals surface area contributed by atoms with E-state index in [4.69, 9.17) is 58.0 Å². The van der Waals surface area contributed by atoms with E-state index >= 15 is 0 Å². The van der Waals surface area contributed by atoms with Crippen molar-refractivity contribution in [2.24, 2.45) is 5.92 Å². The molecule has 1 aliphatic carbocycles. The van der Waals surface area contributed by atoms with Crippen molar-refractivity contribution in [3.8, 4) is 5.69 Å². The van der Waals surface area contributed by atoms with Gasteiger partial charge < -0.3 is 5.32 Å². The highest BCUT2D eigenvalue weighted by Gasteiger charge is 2.67. The van der Waals surface area contributed by atoms with E-state index in [-0.39, 0.29) is 22.8 Å². The molecule has 1 saturated carbocycles. The Hall–Kier alpha value is -2.61. The Balaban J connectivity index is 1.29. The van der Waals surface area contributed by atoms with Crippen molar-refractivity contribution in [1.82, 2.24) is 14.8 Å². The predicted molar refractivity (Wildman–Crippen MR) is 147 cm³/mol. The van der Waals surface area contributed by atoms with Gasteiger partial charge in [0.05, 0.1) is 16.6 Å². The summed E-state index contributed by atoms with van der Waals surface area (Å²) < 4.78 is 0.304. The molecule has 2 unspecified atom stereocenters. The number of hydrogen-bond acceptors (Lipinski definition) is 4. The van der Waals surface area contributed by atoms with Gasteiger partial charge in [-0.15, -0.1) is 23.2 Å². The predicted octanol–water partition coefficient (Wildman–Crippen LogP) is 7.18. The van der Waals surface area contributed by atoms with Gasteiger partial charge in [-0.05, 0) is 59.7 Å². The maximum atomic E-state index is 13.1. The summed E-state index contributed by atoms with van der Waals surface area (Å²) in [5.41, 5.74) is 2.98. The quantitative estimate of drug-likeness (QED) is 0.182. The van der Waals surface area contributed by atoms with Crippen LogP contribution in [-0.4, -0.2) is 30.8 Å². The van der Waals surface area contributed by atoms with Crippen LogP contribution in [0.2, 0.25) is 15.1 Å². The minimum Gasteiger partial charge on any atom is -0.326 e. The lowest BCUT2D eigenvalue weighted by molar-refractivity contribution is -0.117. The number of amides is 1. The van der Waals surface area contributed by atoms with Gasteiger partial charge in [0, 0.05) is 33.6 Å². The maximum Gasteiger partial charge on any atom is 0.231 e. The number of ketones is 1. The average Bonchev–Trinajstić information content (AvgIpc) is 3.16. The molecule has 37 heavy (non-hydrogen) atoms. The normalized spacial score (nSPS) is 17.9. The molecule has 5 rings (SSSR count).